The lowest BCUT2D eigenvalue weighted by molar-refractivity contribution is 0.0723. The number of carbonyl (C=O) groups is 1. The number of nitrogens with zero attached hydrogens (tertiary/aromatic N) is 5. The van der Waals surface area contributed by atoms with Gasteiger partial charge in [-0.05, 0) is 59.2 Å². The van der Waals surface area contributed by atoms with Gasteiger partial charge in [-0.1, -0.05) is 24.3 Å². The number of pyridine rings is 1. The molecule has 3 heterocycles. The second-order valence-corrected chi connectivity index (χ2v) is 8.34. The number of hydrogen-bond acceptors (Lipinski definition) is 5. The Labute approximate surface area is 207 Å². The van der Waals surface area contributed by atoms with Gasteiger partial charge in [-0.2, -0.15) is 5.10 Å². The topological polar surface area (TPSA) is 72.6 Å². The predicted molar refractivity (Wildman–Crippen MR) is 133 cm³/mol. The van der Waals surface area contributed by atoms with E-state index in [2.05, 4.69) is 15.1 Å². The number of halogens is 1. The first-order chi connectivity index (χ1) is 17.6. The van der Waals surface area contributed by atoms with Crippen molar-refractivity contribution in [2.75, 3.05) is 6.61 Å². The molecule has 0 N–H and O–H groups in total. The second kappa shape index (κ2) is 10.8. The van der Waals surface area contributed by atoms with Crippen molar-refractivity contribution in [3.63, 3.8) is 0 Å². The molecule has 0 unspecified atom stereocenters. The standard InChI is InChI=1S/C28H24FN5O2/c29-24-7-5-21(6-8-24)11-16-36-25-4-1-3-23(17-25)20-33(19-22-9-13-30-14-10-22)28(35)26-18-27-31-12-2-15-34(27)32-26/h1-10,12-15,17-18H,11,16,19-20H2. The molecule has 0 atom stereocenters. The van der Waals surface area contributed by atoms with Crippen LogP contribution in [0.25, 0.3) is 5.65 Å². The molecule has 0 fully saturated rings. The van der Waals surface area contributed by atoms with Gasteiger partial charge in [0.2, 0.25) is 0 Å². The molecule has 7 nitrogen and oxygen atoms in total. The van der Waals surface area contributed by atoms with Gasteiger partial charge in [-0.25, -0.2) is 13.9 Å². The highest BCUT2D eigenvalue weighted by molar-refractivity contribution is 5.93. The fourth-order valence-corrected chi connectivity index (χ4v) is 3.90. The van der Waals surface area contributed by atoms with Crippen LogP contribution in [-0.4, -0.2) is 37.0 Å². The van der Waals surface area contributed by atoms with Gasteiger partial charge in [0, 0.05) is 50.4 Å². The molecule has 5 rings (SSSR count). The molecule has 5 aromatic rings. The summed E-state index contributed by atoms with van der Waals surface area (Å²) >= 11 is 0. The van der Waals surface area contributed by atoms with Crippen molar-refractivity contribution in [1.82, 2.24) is 24.5 Å². The minimum Gasteiger partial charge on any atom is -0.493 e. The second-order valence-electron chi connectivity index (χ2n) is 8.34. The Kier molecular flexibility index (Phi) is 6.93. The molecule has 0 saturated carbocycles. The highest BCUT2D eigenvalue weighted by atomic mass is 19.1. The average Bonchev–Trinajstić information content (AvgIpc) is 3.34. The number of aromatic nitrogens is 4. The molecule has 0 saturated heterocycles. The molecule has 0 aliphatic carbocycles. The molecule has 0 radical (unpaired) electrons. The largest absolute Gasteiger partial charge is 0.493 e. The van der Waals surface area contributed by atoms with Crippen molar-refractivity contribution in [2.24, 2.45) is 0 Å². The van der Waals surface area contributed by atoms with E-state index in [1.165, 1.54) is 12.1 Å². The summed E-state index contributed by atoms with van der Waals surface area (Å²) in [4.78, 5) is 23.6. The maximum atomic E-state index is 13.5. The summed E-state index contributed by atoms with van der Waals surface area (Å²) < 4.78 is 20.6. The zero-order chi connectivity index (χ0) is 24.7. The SMILES string of the molecule is O=C(c1cc2ncccn2n1)N(Cc1ccncc1)Cc1cccc(OCCc2ccc(F)cc2)c1. The third-order valence-electron chi connectivity index (χ3n) is 5.71. The number of ether oxygens (including phenoxy) is 1. The van der Waals surface area contributed by atoms with Crippen LogP contribution in [0.5, 0.6) is 5.75 Å². The van der Waals surface area contributed by atoms with Gasteiger partial charge in [0.1, 0.15) is 11.6 Å². The van der Waals surface area contributed by atoms with E-state index in [1.54, 1.807) is 58.5 Å². The molecule has 0 aliphatic heterocycles. The average molecular weight is 482 g/mol. The van der Waals surface area contributed by atoms with Crippen molar-refractivity contribution >= 4 is 11.6 Å². The van der Waals surface area contributed by atoms with E-state index in [9.17, 15) is 9.18 Å². The zero-order valence-corrected chi connectivity index (χ0v) is 19.5. The van der Waals surface area contributed by atoms with E-state index in [4.69, 9.17) is 4.74 Å². The van der Waals surface area contributed by atoms with Crippen LogP contribution < -0.4 is 4.74 Å². The monoisotopic (exact) mass is 481 g/mol. The lowest BCUT2D eigenvalue weighted by Gasteiger charge is -2.22. The van der Waals surface area contributed by atoms with Gasteiger partial charge in [0.05, 0.1) is 6.61 Å². The third-order valence-corrected chi connectivity index (χ3v) is 5.71. The molecule has 2 aromatic carbocycles. The van der Waals surface area contributed by atoms with Crippen LogP contribution in [0.15, 0.2) is 97.6 Å². The number of rotatable bonds is 9. The first-order valence-corrected chi connectivity index (χ1v) is 11.6. The molecule has 1 amide bonds. The Balaban J connectivity index is 1.31. The first-order valence-electron chi connectivity index (χ1n) is 11.6. The minimum absolute atomic E-state index is 0.194. The van der Waals surface area contributed by atoms with E-state index in [-0.39, 0.29) is 11.7 Å². The normalized spacial score (nSPS) is 10.9. The summed E-state index contributed by atoms with van der Waals surface area (Å²) in [6, 6.07) is 21.3. The summed E-state index contributed by atoms with van der Waals surface area (Å²) in [5.74, 6) is 0.265. The summed E-state index contributed by atoms with van der Waals surface area (Å²) in [6.07, 6.45) is 7.52. The van der Waals surface area contributed by atoms with Crippen LogP contribution in [0.2, 0.25) is 0 Å². The van der Waals surface area contributed by atoms with Crippen LogP contribution in [0.3, 0.4) is 0 Å². The summed E-state index contributed by atoms with van der Waals surface area (Å²) in [5.41, 5.74) is 3.84. The quantitative estimate of drug-likeness (QED) is 0.304. The van der Waals surface area contributed by atoms with E-state index in [0.717, 1.165) is 16.7 Å². The van der Waals surface area contributed by atoms with Gasteiger partial charge >= 0.3 is 0 Å². The summed E-state index contributed by atoms with van der Waals surface area (Å²) in [6.45, 7) is 1.24. The zero-order valence-electron chi connectivity index (χ0n) is 19.5. The molecule has 8 heteroatoms. The van der Waals surface area contributed by atoms with E-state index >= 15 is 0 Å². The number of fused-ring (bicyclic) bond motifs is 1. The van der Waals surface area contributed by atoms with Gasteiger partial charge < -0.3 is 9.64 Å². The van der Waals surface area contributed by atoms with Gasteiger partial charge in [-0.15, -0.1) is 0 Å². The van der Waals surface area contributed by atoms with Crippen molar-refractivity contribution in [2.45, 2.75) is 19.5 Å². The maximum Gasteiger partial charge on any atom is 0.275 e. The van der Waals surface area contributed by atoms with Gasteiger partial charge in [0.25, 0.3) is 5.91 Å². The van der Waals surface area contributed by atoms with Crippen molar-refractivity contribution in [1.29, 1.82) is 0 Å². The third kappa shape index (κ3) is 5.72. The fourth-order valence-electron chi connectivity index (χ4n) is 3.90. The van der Waals surface area contributed by atoms with E-state index < -0.39 is 0 Å². The smallest absolute Gasteiger partial charge is 0.275 e. The molecule has 3 aromatic heterocycles. The maximum absolute atomic E-state index is 13.5. The summed E-state index contributed by atoms with van der Waals surface area (Å²) in [5, 5.41) is 4.41. The van der Waals surface area contributed by atoms with Crippen LogP contribution in [-0.2, 0) is 19.5 Å². The molecule has 36 heavy (non-hydrogen) atoms. The lowest BCUT2D eigenvalue weighted by atomic mass is 10.1. The highest BCUT2D eigenvalue weighted by Crippen LogP contribution is 2.19. The minimum atomic E-state index is -0.252. The molecule has 180 valence electrons. The molecule has 0 spiro atoms. The van der Waals surface area contributed by atoms with E-state index in [1.807, 2.05) is 36.4 Å². The Morgan fingerprint density at radius 1 is 0.889 bits per heavy atom. The van der Waals surface area contributed by atoms with Crippen LogP contribution in [0.1, 0.15) is 27.2 Å². The van der Waals surface area contributed by atoms with Crippen LogP contribution in [0, 0.1) is 5.82 Å². The molecule has 0 aliphatic rings. The van der Waals surface area contributed by atoms with Crippen LogP contribution in [0.4, 0.5) is 4.39 Å². The van der Waals surface area contributed by atoms with Crippen LogP contribution >= 0.6 is 0 Å². The Morgan fingerprint density at radius 3 is 2.50 bits per heavy atom. The number of amides is 1. The van der Waals surface area contributed by atoms with Crippen molar-refractivity contribution in [3.05, 3.63) is 126 Å². The van der Waals surface area contributed by atoms with Crippen molar-refractivity contribution in [3.8, 4) is 5.75 Å². The van der Waals surface area contributed by atoms with Crippen molar-refractivity contribution < 1.29 is 13.9 Å². The first kappa shape index (κ1) is 23.2. The number of carbonyl (C=O) groups excluding carboxylic acids is 1. The number of hydrogen-bond donors (Lipinski definition) is 0. The Morgan fingerprint density at radius 2 is 1.69 bits per heavy atom. The Bertz CT molecular complexity index is 1420. The number of benzene rings is 2. The Hall–Kier alpha value is -4.59. The van der Waals surface area contributed by atoms with E-state index in [0.29, 0.717) is 43.2 Å². The highest BCUT2D eigenvalue weighted by Gasteiger charge is 2.20. The van der Waals surface area contributed by atoms with Gasteiger partial charge in [0.15, 0.2) is 11.3 Å². The predicted octanol–water partition coefficient (Wildman–Crippen LogP) is 4.73. The molecular formula is C28H24FN5O2. The van der Waals surface area contributed by atoms with Gasteiger partial charge in [-0.3, -0.25) is 9.78 Å². The lowest BCUT2D eigenvalue weighted by Crippen LogP contribution is -2.30. The molecular weight excluding hydrogens is 457 g/mol. The fraction of sp³-hybridized carbons (Fsp3) is 0.143. The molecule has 0 bridgehead atoms. The summed E-state index contributed by atoms with van der Waals surface area (Å²) in [7, 11) is 0.